The number of Topliss-reactive ketones (excluding diaryl/α,β-unsaturated/α-hetero) is 1. The number of hydrogen-bond donors (Lipinski definition) is 3. The van der Waals surface area contributed by atoms with Gasteiger partial charge in [0.15, 0.2) is 18.0 Å². The molecule has 1 aliphatic rings. The standard InChI is InChI=1S/C25H29N3O6/c1-4-25(14-20(28-34-25)18-10-6-5-9-17(18)16(2)3)24(32)27-19(13-23(30)31)21(29)15-33-22-11-7-8-12-26-22/h5-12,14,16,19,28H,4,13,15H2,1-3H3,(H,27,32)(H,30,31)/t19-,25?/m0/s1. The molecule has 2 atom stereocenters. The third kappa shape index (κ3) is 5.79. The number of hydroxylamine groups is 1. The minimum atomic E-state index is -1.40. The van der Waals surface area contributed by atoms with E-state index < -0.39 is 42.3 Å². The number of rotatable bonds is 11. The Labute approximate surface area is 198 Å². The van der Waals surface area contributed by atoms with Crippen LogP contribution in [0, 0.1) is 0 Å². The summed E-state index contributed by atoms with van der Waals surface area (Å²) >= 11 is 0. The topological polar surface area (TPSA) is 127 Å². The van der Waals surface area contributed by atoms with E-state index in [0.717, 1.165) is 11.1 Å². The Kier molecular flexibility index (Phi) is 8.01. The number of ketones is 1. The SMILES string of the molecule is CCC1(C(=O)N[C@@H](CC(=O)O)C(=O)COc2ccccn2)C=C(c2ccccc2C(C)C)NO1. The number of carbonyl (C=O) groups is 3. The summed E-state index contributed by atoms with van der Waals surface area (Å²) in [7, 11) is 0. The lowest BCUT2D eigenvalue weighted by Gasteiger charge is -2.25. The van der Waals surface area contributed by atoms with Crippen LogP contribution in [0.25, 0.3) is 5.70 Å². The van der Waals surface area contributed by atoms with Gasteiger partial charge in [0.1, 0.15) is 6.04 Å². The van der Waals surface area contributed by atoms with Crippen LogP contribution >= 0.6 is 0 Å². The highest BCUT2D eigenvalue weighted by Gasteiger charge is 2.43. The van der Waals surface area contributed by atoms with E-state index in [2.05, 4.69) is 29.6 Å². The molecule has 1 aliphatic heterocycles. The summed E-state index contributed by atoms with van der Waals surface area (Å²) in [6, 6.07) is 11.5. The van der Waals surface area contributed by atoms with Gasteiger partial charge in [-0.15, -0.1) is 0 Å². The number of ether oxygens (including phenoxy) is 1. The number of carbonyl (C=O) groups excluding carboxylic acids is 2. The fraction of sp³-hybridized carbons (Fsp3) is 0.360. The molecule has 34 heavy (non-hydrogen) atoms. The van der Waals surface area contributed by atoms with Crippen LogP contribution in [0.2, 0.25) is 0 Å². The van der Waals surface area contributed by atoms with E-state index in [4.69, 9.17) is 9.57 Å². The molecular formula is C25H29N3O6. The van der Waals surface area contributed by atoms with Crippen molar-refractivity contribution in [3.05, 3.63) is 65.9 Å². The number of hydrogen-bond acceptors (Lipinski definition) is 7. The Bertz CT molecular complexity index is 1070. The number of carboxylic acids is 1. The molecule has 9 nitrogen and oxygen atoms in total. The van der Waals surface area contributed by atoms with Gasteiger partial charge in [-0.2, -0.15) is 0 Å². The first-order chi connectivity index (χ1) is 16.3. The fourth-order valence-corrected chi connectivity index (χ4v) is 3.64. The summed E-state index contributed by atoms with van der Waals surface area (Å²) in [4.78, 5) is 47.0. The van der Waals surface area contributed by atoms with Crippen LogP contribution in [-0.2, 0) is 19.2 Å². The van der Waals surface area contributed by atoms with Crippen molar-refractivity contribution in [3.8, 4) is 5.88 Å². The van der Waals surface area contributed by atoms with Crippen LogP contribution in [0.5, 0.6) is 5.88 Å². The lowest BCUT2D eigenvalue weighted by molar-refractivity contribution is -0.148. The summed E-state index contributed by atoms with van der Waals surface area (Å²) in [5.74, 6) is -1.96. The first-order valence-electron chi connectivity index (χ1n) is 11.1. The van der Waals surface area contributed by atoms with Gasteiger partial charge < -0.3 is 15.2 Å². The van der Waals surface area contributed by atoms with Crippen molar-refractivity contribution in [1.29, 1.82) is 0 Å². The Morgan fingerprint density at radius 2 is 1.91 bits per heavy atom. The number of carboxylic acid groups (broad SMARTS) is 1. The minimum absolute atomic E-state index is 0.223. The molecule has 9 heteroatoms. The zero-order valence-electron chi connectivity index (χ0n) is 19.4. The molecule has 1 unspecified atom stereocenters. The van der Waals surface area contributed by atoms with E-state index >= 15 is 0 Å². The molecule has 180 valence electrons. The van der Waals surface area contributed by atoms with Gasteiger partial charge in [0.2, 0.25) is 5.88 Å². The van der Waals surface area contributed by atoms with Crippen molar-refractivity contribution >= 4 is 23.4 Å². The van der Waals surface area contributed by atoms with E-state index in [-0.39, 0.29) is 18.2 Å². The van der Waals surface area contributed by atoms with E-state index in [1.165, 1.54) is 6.20 Å². The lowest BCUT2D eigenvalue weighted by atomic mass is 9.92. The van der Waals surface area contributed by atoms with Gasteiger partial charge in [0, 0.05) is 17.8 Å². The molecular weight excluding hydrogens is 438 g/mol. The number of nitrogens with zero attached hydrogens (tertiary/aromatic N) is 1. The molecule has 2 heterocycles. The smallest absolute Gasteiger partial charge is 0.305 e. The average Bonchev–Trinajstić information content (AvgIpc) is 3.28. The zero-order chi connectivity index (χ0) is 24.7. The number of pyridine rings is 1. The maximum Gasteiger partial charge on any atom is 0.305 e. The van der Waals surface area contributed by atoms with Crippen molar-refractivity contribution in [3.63, 3.8) is 0 Å². The maximum atomic E-state index is 13.2. The molecule has 3 rings (SSSR count). The number of aliphatic carboxylic acids is 1. The summed E-state index contributed by atoms with van der Waals surface area (Å²) in [6.07, 6.45) is 2.86. The van der Waals surface area contributed by atoms with Gasteiger partial charge in [-0.05, 0) is 30.0 Å². The van der Waals surface area contributed by atoms with E-state index in [1.807, 2.05) is 24.3 Å². The number of benzene rings is 1. The summed E-state index contributed by atoms with van der Waals surface area (Å²) in [5.41, 5.74) is 4.07. The molecule has 0 saturated heterocycles. The first-order valence-corrected chi connectivity index (χ1v) is 11.1. The second kappa shape index (κ2) is 10.9. The molecule has 2 aromatic rings. The normalized spacial score (nSPS) is 18.1. The summed E-state index contributed by atoms with van der Waals surface area (Å²) in [5, 5.41) is 11.8. The highest BCUT2D eigenvalue weighted by atomic mass is 16.7. The van der Waals surface area contributed by atoms with Crippen LogP contribution in [0.1, 0.15) is 50.7 Å². The van der Waals surface area contributed by atoms with Crippen LogP contribution in [0.15, 0.2) is 54.7 Å². The van der Waals surface area contributed by atoms with Crippen molar-refractivity contribution in [1.82, 2.24) is 15.8 Å². The molecule has 1 aromatic carbocycles. The summed E-state index contributed by atoms with van der Waals surface area (Å²) < 4.78 is 5.34. The van der Waals surface area contributed by atoms with E-state index in [1.54, 1.807) is 31.2 Å². The highest BCUT2D eigenvalue weighted by molar-refractivity contribution is 5.97. The lowest BCUT2D eigenvalue weighted by Crippen LogP contribution is -2.53. The van der Waals surface area contributed by atoms with Gasteiger partial charge >= 0.3 is 5.97 Å². The van der Waals surface area contributed by atoms with Gasteiger partial charge in [-0.1, -0.05) is 51.1 Å². The number of amides is 1. The van der Waals surface area contributed by atoms with Gasteiger partial charge in [0.05, 0.1) is 12.1 Å². The average molecular weight is 468 g/mol. The second-order valence-corrected chi connectivity index (χ2v) is 8.29. The predicted octanol–water partition coefficient (Wildman–Crippen LogP) is 2.84. The molecule has 1 aromatic heterocycles. The fourth-order valence-electron chi connectivity index (χ4n) is 3.64. The van der Waals surface area contributed by atoms with Crippen molar-refractivity contribution < 1.29 is 29.1 Å². The predicted molar refractivity (Wildman–Crippen MR) is 125 cm³/mol. The van der Waals surface area contributed by atoms with Crippen LogP contribution < -0.4 is 15.5 Å². The Balaban J connectivity index is 1.78. The minimum Gasteiger partial charge on any atom is -0.481 e. The first kappa shape index (κ1) is 24.9. The quantitative estimate of drug-likeness (QED) is 0.460. The summed E-state index contributed by atoms with van der Waals surface area (Å²) in [6.45, 7) is 5.48. The molecule has 0 spiro atoms. The second-order valence-electron chi connectivity index (χ2n) is 8.29. The van der Waals surface area contributed by atoms with Crippen LogP contribution in [0.4, 0.5) is 0 Å². The third-order valence-corrected chi connectivity index (χ3v) is 5.58. The van der Waals surface area contributed by atoms with Gasteiger partial charge in [-0.3, -0.25) is 24.7 Å². The van der Waals surface area contributed by atoms with E-state index in [0.29, 0.717) is 5.70 Å². The molecule has 3 N–H and O–H groups in total. The molecule has 1 amide bonds. The van der Waals surface area contributed by atoms with Crippen LogP contribution in [-0.4, -0.2) is 46.0 Å². The largest absolute Gasteiger partial charge is 0.481 e. The zero-order valence-corrected chi connectivity index (χ0v) is 19.4. The number of aromatic nitrogens is 1. The maximum absolute atomic E-state index is 13.2. The monoisotopic (exact) mass is 467 g/mol. The van der Waals surface area contributed by atoms with Gasteiger partial charge in [-0.25, -0.2) is 4.98 Å². The molecule has 0 fully saturated rings. The third-order valence-electron chi connectivity index (χ3n) is 5.58. The molecule has 0 radical (unpaired) electrons. The van der Waals surface area contributed by atoms with E-state index in [9.17, 15) is 19.5 Å². The Morgan fingerprint density at radius 3 is 2.56 bits per heavy atom. The molecule has 0 bridgehead atoms. The molecule has 0 saturated carbocycles. The van der Waals surface area contributed by atoms with Crippen molar-refractivity contribution in [2.75, 3.05) is 6.61 Å². The Morgan fingerprint density at radius 1 is 1.18 bits per heavy atom. The highest BCUT2D eigenvalue weighted by Crippen LogP contribution is 2.32. The molecule has 0 aliphatic carbocycles. The van der Waals surface area contributed by atoms with Crippen molar-refractivity contribution in [2.45, 2.75) is 51.2 Å². The van der Waals surface area contributed by atoms with Crippen molar-refractivity contribution in [2.24, 2.45) is 0 Å². The van der Waals surface area contributed by atoms with Crippen LogP contribution in [0.3, 0.4) is 0 Å². The van der Waals surface area contributed by atoms with Gasteiger partial charge in [0.25, 0.3) is 5.91 Å². The Hall–Kier alpha value is -3.72. The number of nitrogens with one attached hydrogen (secondary N) is 2.